The number of hydrogen-bond donors (Lipinski definition) is 5. The lowest BCUT2D eigenvalue weighted by atomic mass is 10.0. The Labute approximate surface area is 126 Å². The van der Waals surface area contributed by atoms with Crippen molar-refractivity contribution in [3.8, 4) is 0 Å². The maximum atomic E-state index is 10.7. The lowest BCUT2D eigenvalue weighted by Gasteiger charge is -2.22. The molecule has 0 bridgehead atoms. The van der Waals surface area contributed by atoms with Crippen LogP contribution in [0.25, 0.3) is 0 Å². The first-order valence-corrected chi connectivity index (χ1v) is 6.51. The molecule has 0 spiro atoms. The zero-order valence-corrected chi connectivity index (χ0v) is 13.9. The number of carboxylic acid groups (broad SMARTS) is 1. The Morgan fingerprint density at radius 1 is 0.952 bits per heavy atom. The van der Waals surface area contributed by atoms with Crippen molar-refractivity contribution in [3.63, 3.8) is 0 Å². The summed E-state index contributed by atoms with van der Waals surface area (Å²) >= 11 is 0. The van der Waals surface area contributed by atoms with Crippen LogP contribution in [0, 0.1) is 0 Å². The summed E-state index contributed by atoms with van der Waals surface area (Å²) in [5, 5.41) is 26.3. The molecular formula is C13H30N2O6. The van der Waals surface area contributed by atoms with Crippen LogP contribution in [-0.2, 0) is 14.3 Å². The summed E-state index contributed by atoms with van der Waals surface area (Å²) in [6.45, 7) is 9.61. The van der Waals surface area contributed by atoms with Gasteiger partial charge in [0.25, 0.3) is 0 Å². The molecule has 128 valence electrons. The summed E-state index contributed by atoms with van der Waals surface area (Å²) < 4.78 is 4.31. The Bertz CT molecular complexity index is 307. The van der Waals surface area contributed by atoms with Crippen LogP contribution < -0.4 is 11.5 Å². The van der Waals surface area contributed by atoms with E-state index in [0.717, 1.165) is 0 Å². The number of rotatable bonds is 4. The minimum Gasteiger partial charge on any atom is -0.480 e. The molecule has 0 aromatic heterocycles. The molecule has 0 aromatic rings. The van der Waals surface area contributed by atoms with Crippen LogP contribution in [0.1, 0.15) is 41.5 Å². The number of methoxy groups -OCH3 is 1. The van der Waals surface area contributed by atoms with Crippen LogP contribution in [0.2, 0.25) is 0 Å². The van der Waals surface area contributed by atoms with Gasteiger partial charge in [0, 0.05) is 0 Å². The highest BCUT2D eigenvalue weighted by Crippen LogP contribution is 2.06. The van der Waals surface area contributed by atoms with Crippen molar-refractivity contribution in [3.05, 3.63) is 0 Å². The zero-order chi connectivity index (χ0) is 18.0. The minimum atomic E-state index is -1.34. The second-order valence-electron chi connectivity index (χ2n) is 5.12. The predicted molar refractivity (Wildman–Crippen MR) is 79.5 cm³/mol. The molecule has 7 N–H and O–H groups in total. The van der Waals surface area contributed by atoms with Gasteiger partial charge in [0.2, 0.25) is 0 Å². The lowest BCUT2D eigenvalue weighted by molar-refractivity contribution is -0.147. The summed E-state index contributed by atoms with van der Waals surface area (Å²) in [6.07, 6.45) is 0. The second kappa shape index (κ2) is 10.5. The first-order valence-electron chi connectivity index (χ1n) is 6.51. The maximum absolute atomic E-state index is 10.7. The van der Waals surface area contributed by atoms with Gasteiger partial charge in [-0.1, -0.05) is 13.8 Å². The van der Waals surface area contributed by atoms with Crippen LogP contribution in [0.3, 0.4) is 0 Å². The van der Waals surface area contributed by atoms with Crippen molar-refractivity contribution in [1.29, 1.82) is 0 Å². The van der Waals surface area contributed by atoms with Crippen molar-refractivity contribution < 1.29 is 29.6 Å². The Balaban J connectivity index is -0.000000277. The number of carbonyl (C=O) groups is 2. The average Bonchev–Trinajstić information content (AvgIpc) is 2.36. The number of aliphatic carboxylic acids is 1. The van der Waals surface area contributed by atoms with E-state index in [1.807, 2.05) is 13.8 Å². The number of carbonyl (C=O) groups excluding carboxylic acids is 1. The standard InChI is InChI=1S/C6H13NO3.C5H11NO3.C2H6/c1-6(2,9)4(7)5(8)10-3;1-5(2,9)3(6)4(7)8;1-2/h4,9H,7H2,1-3H3;3,9H,6H2,1-2H3,(H,7,8);1-2H3/t4-;3-;/m11./s1. The highest BCUT2D eigenvalue weighted by molar-refractivity contribution is 5.76. The number of carboxylic acids is 1. The van der Waals surface area contributed by atoms with Gasteiger partial charge in [-0.15, -0.1) is 0 Å². The van der Waals surface area contributed by atoms with Crippen molar-refractivity contribution in [2.75, 3.05) is 7.11 Å². The monoisotopic (exact) mass is 310 g/mol. The molecule has 0 aromatic carbocycles. The summed E-state index contributed by atoms with van der Waals surface area (Å²) in [5.74, 6) is -1.80. The molecule has 0 amide bonds. The zero-order valence-electron chi connectivity index (χ0n) is 13.9. The molecular weight excluding hydrogens is 280 g/mol. The van der Waals surface area contributed by atoms with Crippen LogP contribution in [0.5, 0.6) is 0 Å². The highest BCUT2D eigenvalue weighted by Gasteiger charge is 2.30. The van der Waals surface area contributed by atoms with Crippen LogP contribution in [0.4, 0.5) is 0 Å². The molecule has 0 unspecified atom stereocenters. The molecule has 2 atom stereocenters. The molecule has 0 heterocycles. The van der Waals surface area contributed by atoms with E-state index < -0.39 is 35.2 Å². The lowest BCUT2D eigenvalue weighted by Crippen LogP contribution is -2.49. The minimum absolute atomic E-state index is 0.604. The quantitative estimate of drug-likeness (QED) is 0.433. The van der Waals surface area contributed by atoms with E-state index in [-0.39, 0.29) is 0 Å². The Kier molecular flexibility index (Phi) is 12.4. The summed E-state index contributed by atoms with van der Waals surface area (Å²) in [6, 6.07) is -2.19. The van der Waals surface area contributed by atoms with Gasteiger partial charge in [0.15, 0.2) is 0 Å². The van der Waals surface area contributed by atoms with Crippen LogP contribution >= 0.6 is 0 Å². The molecule has 0 aliphatic rings. The normalized spacial score (nSPS) is 13.7. The van der Waals surface area contributed by atoms with Crippen LogP contribution in [-0.4, -0.2) is 57.7 Å². The molecule has 21 heavy (non-hydrogen) atoms. The van der Waals surface area contributed by atoms with Crippen molar-refractivity contribution >= 4 is 11.9 Å². The Morgan fingerprint density at radius 3 is 1.29 bits per heavy atom. The van der Waals surface area contributed by atoms with Gasteiger partial charge in [0.05, 0.1) is 18.3 Å². The fourth-order valence-corrected chi connectivity index (χ4v) is 0.718. The molecule has 0 aliphatic heterocycles. The van der Waals surface area contributed by atoms with E-state index >= 15 is 0 Å². The summed E-state index contributed by atoms with van der Waals surface area (Å²) in [7, 11) is 1.23. The average molecular weight is 310 g/mol. The molecule has 0 fully saturated rings. The smallest absolute Gasteiger partial charge is 0.325 e. The highest BCUT2D eigenvalue weighted by atomic mass is 16.5. The maximum Gasteiger partial charge on any atom is 0.325 e. The Hall–Kier alpha value is -1.22. The third-order valence-corrected chi connectivity index (χ3v) is 2.24. The van der Waals surface area contributed by atoms with E-state index in [0.29, 0.717) is 0 Å². The van der Waals surface area contributed by atoms with Gasteiger partial charge in [0.1, 0.15) is 12.1 Å². The van der Waals surface area contributed by atoms with Gasteiger partial charge in [-0.05, 0) is 27.7 Å². The fraction of sp³-hybridized carbons (Fsp3) is 0.846. The first kappa shape index (κ1) is 24.8. The molecule has 0 rings (SSSR count). The van der Waals surface area contributed by atoms with Gasteiger partial charge >= 0.3 is 11.9 Å². The number of aliphatic hydroxyl groups is 2. The van der Waals surface area contributed by atoms with E-state index in [1.165, 1.54) is 34.8 Å². The van der Waals surface area contributed by atoms with E-state index in [4.69, 9.17) is 26.8 Å². The second-order valence-corrected chi connectivity index (χ2v) is 5.12. The molecule has 0 saturated heterocycles. The van der Waals surface area contributed by atoms with Crippen molar-refractivity contribution in [2.24, 2.45) is 11.5 Å². The van der Waals surface area contributed by atoms with Gasteiger partial charge in [-0.25, -0.2) is 0 Å². The number of hydrogen-bond acceptors (Lipinski definition) is 7. The van der Waals surface area contributed by atoms with Crippen LogP contribution in [0.15, 0.2) is 0 Å². The van der Waals surface area contributed by atoms with Gasteiger partial charge in [-0.2, -0.15) is 0 Å². The molecule has 8 heteroatoms. The van der Waals surface area contributed by atoms with E-state index in [9.17, 15) is 9.59 Å². The topological polar surface area (TPSA) is 156 Å². The molecule has 8 nitrogen and oxygen atoms in total. The molecule has 0 radical (unpaired) electrons. The molecule has 0 saturated carbocycles. The predicted octanol–water partition coefficient (Wildman–Crippen LogP) is -0.547. The SMILES string of the molecule is CC.CC(C)(O)[C@H](N)C(=O)O.COC(=O)[C@@H](N)C(C)(C)O. The van der Waals surface area contributed by atoms with E-state index in [2.05, 4.69) is 4.74 Å². The molecule has 0 aliphatic carbocycles. The first-order chi connectivity index (χ1) is 9.25. The summed E-state index contributed by atoms with van der Waals surface area (Å²) in [5.41, 5.74) is 7.77. The number of nitrogens with two attached hydrogens (primary N) is 2. The Morgan fingerprint density at radius 2 is 1.24 bits per heavy atom. The van der Waals surface area contributed by atoms with Crippen molar-refractivity contribution in [1.82, 2.24) is 0 Å². The number of ether oxygens (including phenoxy) is 1. The van der Waals surface area contributed by atoms with Crippen molar-refractivity contribution in [2.45, 2.75) is 64.8 Å². The van der Waals surface area contributed by atoms with Gasteiger partial charge in [-0.3, -0.25) is 9.59 Å². The largest absolute Gasteiger partial charge is 0.480 e. The van der Waals surface area contributed by atoms with E-state index in [1.54, 1.807) is 0 Å². The van der Waals surface area contributed by atoms with Gasteiger partial charge < -0.3 is 31.5 Å². The number of esters is 1. The fourth-order valence-electron chi connectivity index (χ4n) is 0.718. The third kappa shape index (κ3) is 12.2. The summed E-state index contributed by atoms with van der Waals surface area (Å²) in [4.78, 5) is 20.7. The third-order valence-electron chi connectivity index (χ3n) is 2.24.